The molecule has 2 fully saturated rings. The Hall–Kier alpha value is -4.53. The molecule has 0 N–H and O–H groups in total. The second kappa shape index (κ2) is 10.2. The first-order valence-electron chi connectivity index (χ1n) is 12.1. The van der Waals surface area contributed by atoms with Crippen LogP contribution in [0.4, 0.5) is 11.4 Å². The van der Waals surface area contributed by atoms with E-state index in [0.717, 1.165) is 31.2 Å². The predicted octanol–water partition coefficient (Wildman–Crippen LogP) is 5.42. The van der Waals surface area contributed by atoms with Gasteiger partial charge in [0.1, 0.15) is 18.1 Å². The van der Waals surface area contributed by atoms with Gasteiger partial charge in [0, 0.05) is 12.1 Å². The summed E-state index contributed by atoms with van der Waals surface area (Å²) in [5, 5.41) is 10.8. The van der Waals surface area contributed by atoms with Gasteiger partial charge in [-0.1, -0.05) is 31.0 Å². The SMILES string of the molecule is O=C(OCc1ccc(Oc2ccc([N+](=O)[O-])cc2)cc1)c1cccc(N2C(=O)[C@@H]3CCCC[C@H]3C2=O)c1. The summed E-state index contributed by atoms with van der Waals surface area (Å²) >= 11 is 0. The summed E-state index contributed by atoms with van der Waals surface area (Å²) in [6.45, 7) is 0.0204. The van der Waals surface area contributed by atoms with E-state index < -0.39 is 10.9 Å². The molecule has 0 aromatic heterocycles. The van der Waals surface area contributed by atoms with Gasteiger partial charge in [-0.25, -0.2) is 4.79 Å². The highest BCUT2D eigenvalue weighted by Gasteiger charge is 2.48. The molecule has 0 radical (unpaired) electrons. The zero-order valence-corrected chi connectivity index (χ0v) is 19.9. The van der Waals surface area contributed by atoms with Gasteiger partial charge in [0.05, 0.1) is 28.0 Å². The van der Waals surface area contributed by atoms with Crippen LogP contribution in [0.15, 0.2) is 72.8 Å². The lowest BCUT2D eigenvalue weighted by atomic mass is 9.81. The monoisotopic (exact) mass is 500 g/mol. The summed E-state index contributed by atoms with van der Waals surface area (Å²) < 4.78 is 11.1. The highest BCUT2D eigenvalue weighted by molar-refractivity contribution is 6.22. The second-order valence-electron chi connectivity index (χ2n) is 9.13. The van der Waals surface area contributed by atoms with Crippen molar-refractivity contribution in [3.8, 4) is 11.5 Å². The lowest BCUT2D eigenvalue weighted by Gasteiger charge is -2.19. The molecular formula is C28H24N2O7. The Morgan fingerprint density at radius 2 is 1.49 bits per heavy atom. The number of hydrogen-bond donors (Lipinski definition) is 0. The molecule has 9 heteroatoms. The number of rotatable bonds is 7. The lowest BCUT2D eigenvalue weighted by molar-refractivity contribution is -0.384. The van der Waals surface area contributed by atoms with Crippen LogP contribution >= 0.6 is 0 Å². The molecule has 2 amide bonds. The minimum Gasteiger partial charge on any atom is -0.457 e. The molecule has 3 aromatic rings. The van der Waals surface area contributed by atoms with E-state index in [1.807, 2.05) is 0 Å². The van der Waals surface area contributed by atoms with Gasteiger partial charge in [0.25, 0.3) is 5.69 Å². The van der Waals surface area contributed by atoms with Crippen molar-refractivity contribution in [1.29, 1.82) is 0 Å². The first kappa shape index (κ1) is 24.2. The van der Waals surface area contributed by atoms with E-state index in [0.29, 0.717) is 17.2 Å². The molecule has 5 rings (SSSR count). The second-order valence-corrected chi connectivity index (χ2v) is 9.13. The van der Waals surface area contributed by atoms with Crippen LogP contribution in [0, 0.1) is 22.0 Å². The van der Waals surface area contributed by atoms with E-state index in [9.17, 15) is 24.5 Å². The number of nitro benzene ring substituents is 1. The maximum Gasteiger partial charge on any atom is 0.338 e. The number of benzene rings is 3. The largest absolute Gasteiger partial charge is 0.457 e. The zero-order valence-electron chi connectivity index (χ0n) is 19.9. The highest BCUT2D eigenvalue weighted by atomic mass is 16.6. The number of nitrogens with zero attached hydrogens (tertiary/aromatic N) is 2. The molecule has 2 atom stereocenters. The molecule has 2 aliphatic rings. The number of hydrogen-bond acceptors (Lipinski definition) is 7. The first-order chi connectivity index (χ1) is 17.9. The molecule has 37 heavy (non-hydrogen) atoms. The van der Waals surface area contributed by atoms with Crippen LogP contribution in [0.3, 0.4) is 0 Å². The number of esters is 1. The van der Waals surface area contributed by atoms with Gasteiger partial charge in [-0.05, 0) is 60.9 Å². The fourth-order valence-corrected chi connectivity index (χ4v) is 4.85. The number of carbonyl (C=O) groups is 3. The average Bonchev–Trinajstić information content (AvgIpc) is 3.18. The maximum absolute atomic E-state index is 12.9. The number of carbonyl (C=O) groups excluding carboxylic acids is 3. The first-order valence-corrected chi connectivity index (χ1v) is 12.1. The van der Waals surface area contributed by atoms with Crippen LogP contribution in [0.5, 0.6) is 11.5 Å². The average molecular weight is 501 g/mol. The predicted molar refractivity (Wildman–Crippen MR) is 133 cm³/mol. The molecule has 0 bridgehead atoms. The summed E-state index contributed by atoms with van der Waals surface area (Å²) in [6, 6.07) is 19.1. The maximum atomic E-state index is 12.9. The normalized spacial score (nSPS) is 18.9. The summed E-state index contributed by atoms with van der Waals surface area (Å²) in [5.74, 6) is -0.471. The van der Waals surface area contributed by atoms with Gasteiger partial charge in [-0.15, -0.1) is 0 Å². The number of amides is 2. The molecule has 9 nitrogen and oxygen atoms in total. The smallest absolute Gasteiger partial charge is 0.338 e. The van der Waals surface area contributed by atoms with E-state index in [1.54, 1.807) is 42.5 Å². The molecule has 3 aromatic carbocycles. The molecular weight excluding hydrogens is 476 g/mol. The third-order valence-electron chi connectivity index (χ3n) is 6.76. The lowest BCUT2D eigenvalue weighted by Crippen LogP contribution is -2.31. The Morgan fingerprint density at radius 3 is 2.08 bits per heavy atom. The van der Waals surface area contributed by atoms with Gasteiger partial charge in [0.2, 0.25) is 11.8 Å². The Morgan fingerprint density at radius 1 is 0.892 bits per heavy atom. The number of imide groups is 1. The van der Waals surface area contributed by atoms with Gasteiger partial charge in [-0.2, -0.15) is 0 Å². The van der Waals surface area contributed by atoms with Crippen LogP contribution in [0.1, 0.15) is 41.6 Å². The summed E-state index contributed by atoms with van der Waals surface area (Å²) in [6.07, 6.45) is 3.35. The fourth-order valence-electron chi connectivity index (χ4n) is 4.85. The number of ether oxygens (including phenoxy) is 2. The fraction of sp³-hybridized carbons (Fsp3) is 0.250. The van der Waals surface area contributed by atoms with Crippen molar-refractivity contribution in [2.75, 3.05) is 4.90 Å². The van der Waals surface area contributed by atoms with E-state index in [2.05, 4.69) is 0 Å². The minimum absolute atomic E-state index is 0.0204. The summed E-state index contributed by atoms with van der Waals surface area (Å²) in [5.41, 5.74) is 1.36. The number of fused-ring (bicyclic) bond motifs is 1. The van der Waals surface area contributed by atoms with E-state index >= 15 is 0 Å². The van der Waals surface area contributed by atoms with Crippen molar-refractivity contribution in [3.05, 3.63) is 94.0 Å². The Labute approximate surface area is 212 Å². The van der Waals surface area contributed by atoms with Crippen molar-refractivity contribution in [2.24, 2.45) is 11.8 Å². The number of nitro groups is 1. The van der Waals surface area contributed by atoms with E-state index in [-0.39, 0.29) is 41.5 Å². The molecule has 1 saturated carbocycles. The highest BCUT2D eigenvalue weighted by Crippen LogP contribution is 2.40. The molecule has 1 aliphatic carbocycles. The molecule has 1 aliphatic heterocycles. The van der Waals surface area contributed by atoms with Crippen molar-refractivity contribution >= 4 is 29.2 Å². The van der Waals surface area contributed by atoms with Crippen LogP contribution in [-0.4, -0.2) is 22.7 Å². The Balaban J connectivity index is 1.20. The van der Waals surface area contributed by atoms with Gasteiger partial charge < -0.3 is 9.47 Å². The Kier molecular flexibility index (Phi) is 6.68. The Bertz CT molecular complexity index is 1330. The summed E-state index contributed by atoms with van der Waals surface area (Å²) in [4.78, 5) is 50.0. The van der Waals surface area contributed by atoms with Crippen LogP contribution in [-0.2, 0) is 20.9 Å². The molecule has 1 heterocycles. The molecule has 188 valence electrons. The third kappa shape index (κ3) is 5.06. The quantitative estimate of drug-likeness (QED) is 0.184. The summed E-state index contributed by atoms with van der Waals surface area (Å²) in [7, 11) is 0. The van der Waals surface area contributed by atoms with Crippen molar-refractivity contribution in [2.45, 2.75) is 32.3 Å². The third-order valence-corrected chi connectivity index (χ3v) is 6.76. The van der Waals surface area contributed by atoms with Gasteiger partial charge >= 0.3 is 5.97 Å². The number of non-ortho nitro benzene ring substituents is 1. The zero-order chi connectivity index (χ0) is 25.9. The van der Waals surface area contributed by atoms with Crippen molar-refractivity contribution < 1.29 is 28.8 Å². The van der Waals surface area contributed by atoms with Crippen LogP contribution in [0.2, 0.25) is 0 Å². The van der Waals surface area contributed by atoms with Crippen molar-refractivity contribution in [1.82, 2.24) is 0 Å². The van der Waals surface area contributed by atoms with Crippen molar-refractivity contribution in [3.63, 3.8) is 0 Å². The van der Waals surface area contributed by atoms with Crippen LogP contribution < -0.4 is 9.64 Å². The topological polar surface area (TPSA) is 116 Å². The molecule has 1 saturated heterocycles. The van der Waals surface area contributed by atoms with Gasteiger partial charge in [-0.3, -0.25) is 24.6 Å². The van der Waals surface area contributed by atoms with Crippen LogP contribution in [0.25, 0.3) is 0 Å². The number of anilines is 1. The van der Waals surface area contributed by atoms with Gasteiger partial charge in [0.15, 0.2) is 0 Å². The minimum atomic E-state index is -0.565. The standard InChI is InChI=1S/C28H24N2O7/c31-26-24-6-1-2-7-25(24)27(32)29(26)21-5-3-4-19(16-21)28(33)36-17-18-8-12-22(13-9-18)37-23-14-10-20(11-15-23)30(34)35/h3-5,8-16,24-25H,1-2,6-7,17H2/t24-,25-/m1/s1. The van der Waals surface area contributed by atoms with E-state index in [1.165, 1.54) is 35.2 Å². The molecule has 0 spiro atoms. The van der Waals surface area contributed by atoms with E-state index in [4.69, 9.17) is 9.47 Å². The molecule has 0 unspecified atom stereocenters.